The maximum atomic E-state index is 12.2. The molecule has 0 fully saturated rings. The van der Waals surface area contributed by atoms with E-state index in [1.807, 2.05) is 18.2 Å². The number of fused-ring (bicyclic) bond motifs is 1. The summed E-state index contributed by atoms with van der Waals surface area (Å²) in [6.45, 7) is 0. The van der Waals surface area contributed by atoms with Crippen LogP contribution in [0, 0.1) is 0 Å². The molecule has 2 heterocycles. The zero-order chi connectivity index (χ0) is 13.2. The van der Waals surface area contributed by atoms with Gasteiger partial charge in [-0.25, -0.2) is 0 Å². The van der Waals surface area contributed by atoms with Crippen LogP contribution in [0.2, 0.25) is 0 Å². The summed E-state index contributed by atoms with van der Waals surface area (Å²) in [5.41, 5.74) is 1.32. The third-order valence-electron chi connectivity index (χ3n) is 2.82. The number of rotatable bonds is 2. The summed E-state index contributed by atoms with van der Waals surface area (Å²) in [5.74, 6) is -0.328. The Bertz CT molecular complexity index is 787. The first-order valence-corrected chi connectivity index (χ1v) is 5.81. The van der Waals surface area contributed by atoms with Crippen molar-refractivity contribution in [3.05, 3.63) is 70.8 Å². The van der Waals surface area contributed by atoms with E-state index in [0.29, 0.717) is 11.3 Å². The van der Waals surface area contributed by atoms with Crippen LogP contribution >= 0.6 is 0 Å². The zero-order valence-electron chi connectivity index (χ0n) is 9.96. The highest BCUT2D eigenvalue weighted by atomic mass is 16.2. The quantitative estimate of drug-likeness (QED) is 0.732. The summed E-state index contributed by atoms with van der Waals surface area (Å²) in [4.78, 5) is 26.8. The number of benzene rings is 1. The fourth-order valence-corrected chi connectivity index (χ4v) is 1.94. The number of para-hydroxylation sites is 1. The van der Waals surface area contributed by atoms with Gasteiger partial charge in [-0.15, -0.1) is 0 Å². The van der Waals surface area contributed by atoms with E-state index >= 15 is 0 Å². The first-order valence-electron chi connectivity index (χ1n) is 5.81. The van der Waals surface area contributed by atoms with Crippen molar-refractivity contribution in [2.24, 2.45) is 0 Å². The van der Waals surface area contributed by atoms with E-state index in [-0.39, 0.29) is 17.2 Å². The molecule has 3 aromatic rings. The van der Waals surface area contributed by atoms with Crippen molar-refractivity contribution in [2.45, 2.75) is 0 Å². The Morgan fingerprint density at radius 1 is 1.05 bits per heavy atom. The molecule has 2 aromatic heterocycles. The molecule has 19 heavy (non-hydrogen) atoms. The van der Waals surface area contributed by atoms with Gasteiger partial charge in [0.05, 0.1) is 0 Å². The van der Waals surface area contributed by atoms with Crippen molar-refractivity contribution in [3.8, 4) is 0 Å². The van der Waals surface area contributed by atoms with Crippen molar-refractivity contribution < 1.29 is 4.79 Å². The van der Waals surface area contributed by atoms with Gasteiger partial charge in [0.25, 0.3) is 11.5 Å². The molecule has 0 radical (unpaired) electrons. The van der Waals surface area contributed by atoms with E-state index in [1.54, 1.807) is 24.3 Å². The van der Waals surface area contributed by atoms with E-state index in [1.165, 1.54) is 16.7 Å². The van der Waals surface area contributed by atoms with E-state index in [2.05, 4.69) is 10.3 Å². The van der Waals surface area contributed by atoms with Crippen LogP contribution < -0.4 is 10.9 Å². The Labute approximate surface area is 108 Å². The smallest absolute Gasteiger partial charge is 0.274 e. The molecule has 1 aromatic carbocycles. The van der Waals surface area contributed by atoms with Crippen LogP contribution in [-0.2, 0) is 0 Å². The Hall–Kier alpha value is -2.82. The lowest BCUT2D eigenvalue weighted by atomic mass is 10.3. The second kappa shape index (κ2) is 4.45. The predicted octanol–water partition coefficient (Wildman–Crippen LogP) is 1.88. The van der Waals surface area contributed by atoms with Crippen molar-refractivity contribution >= 4 is 17.2 Å². The highest BCUT2D eigenvalue weighted by Gasteiger charge is 2.12. The second-order valence-corrected chi connectivity index (χ2v) is 4.08. The molecular formula is C14H11N3O2. The number of carbonyl (C=O) groups excluding carboxylic acids is 1. The maximum Gasteiger partial charge on any atom is 0.274 e. The maximum absolute atomic E-state index is 12.2. The first-order chi connectivity index (χ1) is 9.25. The molecule has 5 nitrogen and oxygen atoms in total. The minimum Gasteiger partial charge on any atom is -0.345 e. The molecule has 0 unspecified atom stereocenters. The lowest BCUT2D eigenvalue weighted by Gasteiger charge is -2.04. The highest BCUT2D eigenvalue weighted by Crippen LogP contribution is 2.09. The Morgan fingerprint density at radius 2 is 1.84 bits per heavy atom. The Morgan fingerprint density at radius 3 is 2.63 bits per heavy atom. The van der Waals surface area contributed by atoms with Gasteiger partial charge in [-0.3, -0.25) is 14.0 Å². The van der Waals surface area contributed by atoms with E-state index < -0.39 is 0 Å². The minimum absolute atomic E-state index is 0.239. The average Bonchev–Trinajstić information content (AvgIpc) is 2.85. The number of anilines is 1. The van der Waals surface area contributed by atoms with Gasteiger partial charge in [0.1, 0.15) is 11.3 Å². The normalized spacial score (nSPS) is 10.5. The standard InChI is InChI=1S/C14H11N3O2/c18-13-8-4-7-12-15-9-11(17(12)13)14(19)16-10-5-2-1-3-6-10/h1-9,15H,(H,16,19). The third-order valence-corrected chi connectivity index (χ3v) is 2.82. The van der Waals surface area contributed by atoms with E-state index in [0.717, 1.165) is 0 Å². The summed E-state index contributed by atoms with van der Waals surface area (Å²) in [6, 6.07) is 13.9. The number of pyridine rings is 1. The number of amides is 1. The number of carbonyl (C=O) groups is 1. The molecule has 0 bridgehead atoms. The summed E-state index contributed by atoms with van der Waals surface area (Å²) >= 11 is 0. The molecule has 0 saturated carbocycles. The van der Waals surface area contributed by atoms with Gasteiger partial charge in [-0.1, -0.05) is 24.3 Å². The number of aromatic amines is 1. The van der Waals surface area contributed by atoms with Gasteiger partial charge in [0.2, 0.25) is 0 Å². The number of nitrogens with zero attached hydrogens (tertiary/aromatic N) is 1. The Kier molecular flexibility index (Phi) is 2.64. The second-order valence-electron chi connectivity index (χ2n) is 4.08. The molecule has 0 aliphatic rings. The van der Waals surface area contributed by atoms with Gasteiger partial charge in [-0.2, -0.15) is 0 Å². The van der Waals surface area contributed by atoms with Gasteiger partial charge >= 0.3 is 0 Å². The number of hydrogen-bond acceptors (Lipinski definition) is 2. The molecule has 2 N–H and O–H groups in total. The molecule has 3 rings (SSSR count). The number of H-pyrrole nitrogens is 1. The van der Waals surface area contributed by atoms with Crippen molar-refractivity contribution in [1.82, 2.24) is 9.38 Å². The third kappa shape index (κ3) is 2.01. The van der Waals surface area contributed by atoms with Crippen LogP contribution in [0.4, 0.5) is 5.69 Å². The molecular weight excluding hydrogens is 242 g/mol. The summed E-state index contributed by atoms with van der Waals surface area (Å²) in [5, 5.41) is 2.75. The van der Waals surface area contributed by atoms with Crippen LogP contribution in [0.25, 0.3) is 5.65 Å². The molecule has 0 atom stereocenters. The predicted molar refractivity (Wildman–Crippen MR) is 72.4 cm³/mol. The molecule has 0 saturated heterocycles. The molecule has 1 amide bonds. The minimum atomic E-state index is -0.328. The van der Waals surface area contributed by atoms with Crippen LogP contribution in [-0.4, -0.2) is 15.3 Å². The highest BCUT2D eigenvalue weighted by molar-refractivity contribution is 6.03. The summed E-state index contributed by atoms with van der Waals surface area (Å²) < 4.78 is 1.35. The van der Waals surface area contributed by atoms with Gasteiger partial charge in [0, 0.05) is 18.0 Å². The summed E-state index contributed by atoms with van der Waals surface area (Å²) in [7, 11) is 0. The number of hydrogen-bond donors (Lipinski definition) is 2. The largest absolute Gasteiger partial charge is 0.345 e. The van der Waals surface area contributed by atoms with Crippen molar-refractivity contribution in [1.29, 1.82) is 0 Å². The van der Waals surface area contributed by atoms with Gasteiger partial charge in [0.15, 0.2) is 0 Å². The van der Waals surface area contributed by atoms with Gasteiger partial charge < -0.3 is 10.3 Å². The topological polar surface area (TPSA) is 66.4 Å². The molecule has 0 aliphatic carbocycles. The SMILES string of the molecule is O=C(Nc1ccccc1)c1c[nH]c2cccc(=O)n12. The lowest BCUT2D eigenvalue weighted by molar-refractivity contribution is 0.102. The zero-order valence-corrected chi connectivity index (χ0v) is 9.96. The fraction of sp³-hybridized carbons (Fsp3) is 0. The van der Waals surface area contributed by atoms with E-state index in [4.69, 9.17) is 0 Å². The number of nitrogens with one attached hydrogen (secondary N) is 2. The van der Waals surface area contributed by atoms with Crippen LogP contribution in [0.3, 0.4) is 0 Å². The molecule has 0 aliphatic heterocycles. The van der Waals surface area contributed by atoms with Crippen molar-refractivity contribution in [3.63, 3.8) is 0 Å². The van der Waals surface area contributed by atoms with E-state index in [9.17, 15) is 9.59 Å². The molecule has 94 valence electrons. The van der Waals surface area contributed by atoms with Crippen LogP contribution in [0.5, 0.6) is 0 Å². The van der Waals surface area contributed by atoms with Crippen molar-refractivity contribution in [2.75, 3.05) is 5.32 Å². The number of imidazole rings is 1. The van der Waals surface area contributed by atoms with Crippen LogP contribution in [0.15, 0.2) is 59.5 Å². The van der Waals surface area contributed by atoms with Crippen LogP contribution in [0.1, 0.15) is 10.5 Å². The lowest BCUT2D eigenvalue weighted by Crippen LogP contribution is -2.20. The average molecular weight is 253 g/mol. The monoisotopic (exact) mass is 253 g/mol. The van der Waals surface area contributed by atoms with Gasteiger partial charge in [-0.05, 0) is 18.2 Å². The molecule has 5 heteroatoms. The Balaban J connectivity index is 2.01. The fourth-order valence-electron chi connectivity index (χ4n) is 1.94. The summed E-state index contributed by atoms with van der Waals surface area (Å²) in [6.07, 6.45) is 1.52. The molecule has 0 spiro atoms. The first kappa shape index (κ1) is 11.3. The number of aromatic nitrogens is 2.